The van der Waals surface area contributed by atoms with Crippen molar-refractivity contribution in [2.45, 2.75) is 39.0 Å². The molecule has 1 atom stereocenters. The van der Waals surface area contributed by atoms with E-state index >= 15 is 0 Å². The van der Waals surface area contributed by atoms with E-state index in [9.17, 15) is 9.59 Å². The second-order valence-electron chi connectivity index (χ2n) is 8.01. The molecule has 8 heteroatoms. The Morgan fingerprint density at radius 1 is 1.23 bits per heavy atom. The summed E-state index contributed by atoms with van der Waals surface area (Å²) < 4.78 is 18.1. The number of allylic oxidation sites excluding steroid dienone is 1. The van der Waals surface area contributed by atoms with Crippen LogP contribution in [0.1, 0.15) is 32.0 Å². The Morgan fingerprint density at radius 3 is 2.61 bits per heavy atom. The van der Waals surface area contributed by atoms with Crippen LogP contribution in [0.25, 0.3) is 17.0 Å². The standard InChI is InChI=1S/C23H29N3O5/c1-7-23(3,4)20-17(11-18-22(28)24-14(2)21(27)25-18)16-9-8-15(31-13-30-6)10-19(16)26(20)12-29-5/h7-11,14H,1,12-13H2,2-6H3,(H,24,28)(H,25,27)/b18-11-/t14-/m0/s1. The highest BCUT2D eigenvalue weighted by atomic mass is 16.7. The minimum absolute atomic E-state index is 0.128. The normalized spacial score (nSPS) is 18.2. The molecule has 1 fully saturated rings. The third kappa shape index (κ3) is 4.35. The van der Waals surface area contributed by atoms with Gasteiger partial charge >= 0.3 is 0 Å². The van der Waals surface area contributed by atoms with E-state index in [1.807, 2.05) is 42.7 Å². The smallest absolute Gasteiger partial charge is 0.268 e. The number of methoxy groups -OCH3 is 2. The third-order valence-corrected chi connectivity index (χ3v) is 5.33. The number of amides is 2. The number of hydrogen-bond donors (Lipinski definition) is 2. The lowest BCUT2D eigenvalue weighted by Gasteiger charge is -2.25. The number of rotatable bonds is 8. The summed E-state index contributed by atoms with van der Waals surface area (Å²) in [6.45, 7) is 10.1. The summed E-state index contributed by atoms with van der Waals surface area (Å²) in [6, 6.07) is 5.09. The number of benzene rings is 1. The van der Waals surface area contributed by atoms with Crippen LogP contribution >= 0.6 is 0 Å². The fourth-order valence-corrected chi connectivity index (χ4v) is 3.66. The highest BCUT2D eigenvalue weighted by Crippen LogP contribution is 2.38. The predicted octanol–water partition coefficient (Wildman–Crippen LogP) is 2.67. The van der Waals surface area contributed by atoms with Gasteiger partial charge in [-0.2, -0.15) is 0 Å². The molecule has 31 heavy (non-hydrogen) atoms. The lowest BCUT2D eigenvalue weighted by atomic mass is 9.86. The first-order valence-electron chi connectivity index (χ1n) is 9.98. The molecule has 1 aliphatic heterocycles. The average molecular weight is 428 g/mol. The molecular formula is C23H29N3O5. The molecule has 2 amide bonds. The van der Waals surface area contributed by atoms with Crippen molar-refractivity contribution in [3.8, 4) is 5.75 Å². The van der Waals surface area contributed by atoms with Gasteiger partial charge in [-0.25, -0.2) is 0 Å². The van der Waals surface area contributed by atoms with Gasteiger partial charge in [0.2, 0.25) is 5.91 Å². The van der Waals surface area contributed by atoms with Gasteiger partial charge in [0.25, 0.3) is 5.91 Å². The quantitative estimate of drug-likeness (QED) is 0.384. The second-order valence-corrected chi connectivity index (χ2v) is 8.01. The number of hydrogen-bond acceptors (Lipinski definition) is 5. The van der Waals surface area contributed by atoms with Crippen LogP contribution in [-0.4, -0.2) is 43.4 Å². The van der Waals surface area contributed by atoms with Crippen LogP contribution in [0.2, 0.25) is 0 Å². The molecule has 2 aromatic rings. The summed E-state index contributed by atoms with van der Waals surface area (Å²) in [6.07, 6.45) is 3.56. The van der Waals surface area contributed by atoms with Gasteiger partial charge in [0.1, 0.15) is 24.2 Å². The molecule has 0 aliphatic carbocycles. The summed E-state index contributed by atoms with van der Waals surface area (Å²) in [5.74, 6) is 0.0531. The maximum Gasteiger partial charge on any atom is 0.268 e. The lowest BCUT2D eigenvalue weighted by molar-refractivity contribution is -0.130. The molecule has 0 radical (unpaired) electrons. The zero-order valence-electron chi connectivity index (χ0n) is 18.6. The molecular weight excluding hydrogens is 398 g/mol. The fourth-order valence-electron chi connectivity index (χ4n) is 3.66. The van der Waals surface area contributed by atoms with Gasteiger partial charge in [0.15, 0.2) is 6.79 Å². The van der Waals surface area contributed by atoms with Crippen LogP contribution in [0.4, 0.5) is 0 Å². The Kier molecular flexibility index (Phi) is 6.52. The Bertz CT molecular complexity index is 1050. The first-order chi connectivity index (χ1) is 14.7. The van der Waals surface area contributed by atoms with E-state index in [0.29, 0.717) is 5.75 Å². The molecule has 2 N–H and O–H groups in total. The van der Waals surface area contributed by atoms with Crippen LogP contribution in [0, 0.1) is 0 Å². The number of ether oxygens (including phenoxy) is 3. The van der Waals surface area contributed by atoms with Gasteiger partial charge in [-0.05, 0) is 25.1 Å². The van der Waals surface area contributed by atoms with E-state index in [2.05, 4.69) is 17.2 Å². The zero-order valence-corrected chi connectivity index (χ0v) is 18.6. The van der Waals surface area contributed by atoms with Crippen molar-refractivity contribution in [1.29, 1.82) is 0 Å². The Morgan fingerprint density at radius 2 is 1.97 bits per heavy atom. The highest BCUT2D eigenvalue weighted by Gasteiger charge is 2.31. The van der Waals surface area contributed by atoms with Crippen LogP contribution in [-0.2, 0) is 31.2 Å². The first-order valence-corrected chi connectivity index (χ1v) is 9.98. The Balaban J connectivity index is 2.28. The van der Waals surface area contributed by atoms with Gasteiger partial charge in [0.05, 0.1) is 5.52 Å². The van der Waals surface area contributed by atoms with E-state index in [1.54, 1.807) is 27.2 Å². The molecule has 0 saturated carbocycles. The Labute approximate surface area is 181 Å². The number of carbonyl (C=O) groups is 2. The maximum atomic E-state index is 12.5. The van der Waals surface area contributed by atoms with Crippen molar-refractivity contribution in [3.63, 3.8) is 0 Å². The van der Waals surface area contributed by atoms with Crippen LogP contribution in [0.15, 0.2) is 36.6 Å². The van der Waals surface area contributed by atoms with Crippen molar-refractivity contribution < 1.29 is 23.8 Å². The molecule has 1 aromatic carbocycles. The number of carbonyl (C=O) groups excluding carboxylic acids is 2. The topological polar surface area (TPSA) is 90.8 Å². The molecule has 1 saturated heterocycles. The average Bonchev–Trinajstić information content (AvgIpc) is 3.04. The van der Waals surface area contributed by atoms with Crippen molar-refractivity contribution in [3.05, 3.63) is 47.8 Å². The number of fused-ring (bicyclic) bond motifs is 1. The minimum Gasteiger partial charge on any atom is -0.467 e. The van der Waals surface area contributed by atoms with E-state index in [1.165, 1.54) is 0 Å². The molecule has 1 aromatic heterocycles. The molecule has 1 aliphatic rings. The van der Waals surface area contributed by atoms with Crippen molar-refractivity contribution in [2.75, 3.05) is 21.0 Å². The van der Waals surface area contributed by atoms with Crippen molar-refractivity contribution in [2.24, 2.45) is 0 Å². The number of nitrogens with zero attached hydrogens (tertiary/aromatic N) is 1. The number of piperazine rings is 1. The summed E-state index contributed by atoms with van der Waals surface area (Å²) >= 11 is 0. The maximum absolute atomic E-state index is 12.5. The zero-order chi connectivity index (χ0) is 22.8. The monoisotopic (exact) mass is 427 g/mol. The van der Waals surface area contributed by atoms with Crippen molar-refractivity contribution >= 4 is 28.8 Å². The van der Waals surface area contributed by atoms with Crippen LogP contribution in [0.5, 0.6) is 5.75 Å². The molecule has 0 bridgehead atoms. The van der Waals surface area contributed by atoms with Gasteiger partial charge in [-0.1, -0.05) is 19.9 Å². The largest absolute Gasteiger partial charge is 0.467 e. The third-order valence-electron chi connectivity index (χ3n) is 5.33. The lowest BCUT2D eigenvalue weighted by Crippen LogP contribution is -2.53. The Hall–Kier alpha value is -3.10. The SMILES string of the molecule is C=CC(C)(C)c1c(/C=C2\NC(=O)[C@H](C)NC2=O)c2ccc(OCOC)cc2n1COC. The summed E-state index contributed by atoms with van der Waals surface area (Å²) in [5, 5.41) is 6.28. The minimum atomic E-state index is -0.580. The molecule has 2 heterocycles. The van der Waals surface area contributed by atoms with Crippen LogP contribution < -0.4 is 15.4 Å². The first kappa shape index (κ1) is 22.6. The predicted molar refractivity (Wildman–Crippen MR) is 118 cm³/mol. The summed E-state index contributed by atoms with van der Waals surface area (Å²) in [5.41, 5.74) is 2.30. The molecule has 166 valence electrons. The molecule has 0 spiro atoms. The van der Waals surface area contributed by atoms with Crippen LogP contribution in [0.3, 0.4) is 0 Å². The van der Waals surface area contributed by atoms with E-state index < -0.39 is 11.5 Å². The molecule has 8 nitrogen and oxygen atoms in total. The number of nitrogens with one attached hydrogen (secondary N) is 2. The fraction of sp³-hybridized carbons (Fsp3) is 0.391. The van der Waals surface area contributed by atoms with E-state index in [-0.39, 0.29) is 31.0 Å². The molecule has 0 unspecified atom stereocenters. The van der Waals surface area contributed by atoms with Gasteiger partial charge in [0, 0.05) is 42.3 Å². The molecule has 3 rings (SSSR count). The van der Waals surface area contributed by atoms with Gasteiger partial charge in [-0.3, -0.25) is 9.59 Å². The second kappa shape index (κ2) is 8.95. The number of aromatic nitrogens is 1. The summed E-state index contributed by atoms with van der Waals surface area (Å²) in [7, 11) is 3.18. The highest BCUT2D eigenvalue weighted by molar-refractivity contribution is 6.08. The summed E-state index contributed by atoms with van der Waals surface area (Å²) in [4.78, 5) is 24.7. The van der Waals surface area contributed by atoms with E-state index in [0.717, 1.165) is 22.2 Å². The van der Waals surface area contributed by atoms with E-state index in [4.69, 9.17) is 14.2 Å². The van der Waals surface area contributed by atoms with Gasteiger partial charge in [-0.15, -0.1) is 6.58 Å². The van der Waals surface area contributed by atoms with Gasteiger partial charge < -0.3 is 29.4 Å². The van der Waals surface area contributed by atoms with Crippen molar-refractivity contribution in [1.82, 2.24) is 15.2 Å².